The normalized spacial score (nSPS) is 17.4. The number of benzene rings is 1. The summed E-state index contributed by atoms with van der Waals surface area (Å²) in [6.45, 7) is 3.03. The molecule has 3 heterocycles. The molecule has 1 aliphatic heterocycles. The smallest absolute Gasteiger partial charge is 0.128 e. The van der Waals surface area contributed by atoms with Gasteiger partial charge in [0.25, 0.3) is 0 Å². The first-order valence-corrected chi connectivity index (χ1v) is 10.5. The Bertz CT molecular complexity index is 976. The largest absolute Gasteiger partial charge is 0.496 e. The van der Waals surface area contributed by atoms with Gasteiger partial charge in [-0.05, 0) is 67.5 Å². The third kappa shape index (κ3) is 3.77. The van der Waals surface area contributed by atoms with E-state index in [0.29, 0.717) is 6.04 Å². The average molecular weight is 390 g/mol. The third-order valence-corrected chi connectivity index (χ3v) is 6.24. The highest BCUT2D eigenvalue weighted by atomic mass is 16.5. The van der Waals surface area contributed by atoms with E-state index >= 15 is 0 Å². The second-order valence-electron chi connectivity index (χ2n) is 8.09. The van der Waals surface area contributed by atoms with Gasteiger partial charge in [-0.2, -0.15) is 0 Å². The monoisotopic (exact) mass is 389 g/mol. The van der Waals surface area contributed by atoms with Crippen LogP contribution < -0.4 is 4.74 Å². The van der Waals surface area contributed by atoms with Gasteiger partial charge in [0.05, 0.1) is 25.0 Å². The second kappa shape index (κ2) is 7.95. The van der Waals surface area contributed by atoms with E-state index in [4.69, 9.17) is 4.74 Å². The van der Waals surface area contributed by atoms with Crippen molar-refractivity contribution in [2.45, 2.75) is 44.7 Å². The fourth-order valence-corrected chi connectivity index (χ4v) is 4.61. The number of piperidine rings is 1. The summed E-state index contributed by atoms with van der Waals surface area (Å²) in [7, 11) is 1.74. The van der Waals surface area contributed by atoms with E-state index in [1.165, 1.54) is 17.5 Å². The lowest BCUT2D eigenvalue weighted by atomic mass is 10.0. The molecule has 0 amide bonds. The van der Waals surface area contributed by atoms with E-state index in [1.54, 1.807) is 7.11 Å². The van der Waals surface area contributed by atoms with Crippen molar-refractivity contribution in [3.63, 3.8) is 0 Å². The Hall–Kier alpha value is -2.73. The van der Waals surface area contributed by atoms with Crippen LogP contribution in [0.25, 0.3) is 11.3 Å². The minimum Gasteiger partial charge on any atom is -0.496 e. The molecule has 0 radical (unpaired) electrons. The fourth-order valence-electron chi connectivity index (χ4n) is 4.61. The van der Waals surface area contributed by atoms with Crippen LogP contribution >= 0.6 is 0 Å². The summed E-state index contributed by atoms with van der Waals surface area (Å²) in [5, 5.41) is 8.97. The molecule has 1 fully saturated rings. The zero-order valence-electron chi connectivity index (χ0n) is 16.9. The molecular formula is C23H27N5O. The highest BCUT2D eigenvalue weighted by Crippen LogP contribution is 2.36. The molecule has 0 saturated carbocycles. The highest BCUT2D eigenvalue weighted by molar-refractivity contribution is 5.69. The molecule has 0 N–H and O–H groups in total. The van der Waals surface area contributed by atoms with Gasteiger partial charge >= 0.3 is 0 Å². The standard InChI is InChI=1S/C23H27N5O/c1-29-23-14-18-6-4-5-17(18)13-21(23)22-16-28(26-25-22)20-8-11-27(12-9-20)15-19-7-2-3-10-24-19/h2-3,7,10,13-14,16,20H,4-6,8-9,11-12,15H2,1H3. The lowest BCUT2D eigenvalue weighted by Gasteiger charge is -2.31. The third-order valence-electron chi connectivity index (χ3n) is 6.24. The van der Waals surface area contributed by atoms with Crippen LogP contribution in [0.5, 0.6) is 5.75 Å². The Morgan fingerprint density at radius 3 is 2.69 bits per heavy atom. The molecule has 0 unspecified atom stereocenters. The Balaban J connectivity index is 1.28. The maximum absolute atomic E-state index is 5.66. The molecular weight excluding hydrogens is 362 g/mol. The summed E-state index contributed by atoms with van der Waals surface area (Å²) in [5.74, 6) is 0.905. The summed E-state index contributed by atoms with van der Waals surface area (Å²) >= 11 is 0. The van der Waals surface area contributed by atoms with Crippen molar-refractivity contribution in [1.82, 2.24) is 24.9 Å². The average Bonchev–Trinajstić information content (AvgIpc) is 3.43. The molecule has 3 aromatic rings. The molecule has 0 atom stereocenters. The first kappa shape index (κ1) is 18.3. The SMILES string of the molecule is COc1cc2c(cc1-c1cn(C3CCN(Cc4ccccn4)CC3)nn1)CCC2. The molecule has 6 nitrogen and oxygen atoms in total. The molecule has 6 heteroatoms. The number of methoxy groups -OCH3 is 1. The minimum absolute atomic E-state index is 0.400. The minimum atomic E-state index is 0.400. The van der Waals surface area contributed by atoms with Crippen molar-refractivity contribution >= 4 is 0 Å². The molecule has 5 rings (SSSR count). The number of hydrogen-bond acceptors (Lipinski definition) is 5. The van der Waals surface area contributed by atoms with Gasteiger partial charge in [0, 0.05) is 31.4 Å². The number of ether oxygens (including phenoxy) is 1. The van der Waals surface area contributed by atoms with Crippen molar-refractivity contribution in [2.75, 3.05) is 20.2 Å². The topological polar surface area (TPSA) is 56.1 Å². The van der Waals surface area contributed by atoms with E-state index < -0.39 is 0 Å². The predicted molar refractivity (Wildman–Crippen MR) is 112 cm³/mol. The van der Waals surface area contributed by atoms with Gasteiger partial charge in [-0.15, -0.1) is 5.10 Å². The van der Waals surface area contributed by atoms with Gasteiger partial charge in [-0.25, -0.2) is 4.68 Å². The van der Waals surface area contributed by atoms with E-state index in [2.05, 4.69) is 55.3 Å². The van der Waals surface area contributed by atoms with Crippen molar-refractivity contribution < 1.29 is 4.74 Å². The molecule has 0 spiro atoms. The van der Waals surface area contributed by atoms with E-state index in [0.717, 1.165) is 68.0 Å². The second-order valence-corrected chi connectivity index (χ2v) is 8.09. The lowest BCUT2D eigenvalue weighted by Crippen LogP contribution is -2.34. The maximum Gasteiger partial charge on any atom is 0.128 e. The van der Waals surface area contributed by atoms with Crippen LogP contribution in [0.15, 0.2) is 42.7 Å². The van der Waals surface area contributed by atoms with Crippen LogP contribution in [0.2, 0.25) is 0 Å². The number of aromatic nitrogens is 4. The highest BCUT2D eigenvalue weighted by Gasteiger charge is 2.23. The number of hydrogen-bond donors (Lipinski definition) is 0. The predicted octanol–water partition coefficient (Wildman–Crippen LogP) is 3.67. The van der Waals surface area contributed by atoms with Gasteiger partial charge in [-0.3, -0.25) is 9.88 Å². The molecule has 1 aliphatic carbocycles. The van der Waals surface area contributed by atoms with Gasteiger partial charge in [0.15, 0.2) is 0 Å². The number of nitrogens with zero attached hydrogens (tertiary/aromatic N) is 5. The molecule has 0 bridgehead atoms. The molecule has 2 aliphatic rings. The van der Waals surface area contributed by atoms with E-state index in [-0.39, 0.29) is 0 Å². The number of pyridine rings is 1. The molecule has 2 aromatic heterocycles. The van der Waals surface area contributed by atoms with Gasteiger partial charge < -0.3 is 4.74 Å². The first-order chi connectivity index (χ1) is 14.3. The van der Waals surface area contributed by atoms with Crippen molar-refractivity contribution in [3.8, 4) is 17.0 Å². The van der Waals surface area contributed by atoms with Crippen LogP contribution in [-0.4, -0.2) is 45.1 Å². The summed E-state index contributed by atoms with van der Waals surface area (Å²) in [4.78, 5) is 6.92. The first-order valence-electron chi connectivity index (χ1n) is 10.5. The molecule has 1 aromatic carbocycles. The van der Waals surface area contributed by atoms with Crippen LogP contribution in [0.3, 0.4) is 0 Å². The van der Waals surface area contributed by atoms with E-state index in [9.17, 15) is 0 Å². The van der Waals surface area contributed by atoms with E-state index in [1.807, 2.05) is 12.3 Å². The fraction of sp³-hybridized carbons (Fsp3) is 0.435. The van der Waals surface area contributed by atoms with Gasteiger partial charge in [0.2, 0.25) is 0 Å². The van der Waals surface area contributed by atoms with Crippen LogP contribution in [0.4, 0.5) is 0 Å². The Morgan fingerprint density at radius 2 is 1.93 bits per heavy atom. The quantitative estimate of drug-likeness (QED) is 0.666. The molecule has 150 valence electrons. The van der Waals surface area contributed by atoms with Gasteiger partial charge in [-0.1, -0.05) is 11.3 Å². The zero-order chi connectivity index (χ0) is 19.6. The van der Waals surface area contributed by atoms with Crippen molar-refractivity contribution in [2.24, 2.45) is 0 Å². The van der Waals surface area contributed by atoms with Crippen molar-refractivity contribution in [1.29, 1.82) is 0 Å². The van der Waals surface area contributed by atoms with Crippen LogP contribution in [0, 0.1) is 0 Å². The zero-order valence-corrected chi connectivity index (χ0v) is 16.9. The van der Waals surface area contributed by atoms with Crippen LogP contribution in [-0.2, 0) is 19.4 Å². The summed E-state index contributed by atoms with van der Waals surface area (Å²) < 4.78 is 7.72. The molecule has 29 heavy (non-hydrogen) atoms. The maximum atomic E-state index is 5.66. The summed E-state index contributed by atoms with van der Waals surface area (Å²) in [5.41, 5.74) is 5.95. The molecule has 1 saturated heterocycles. The number of fused-ring (bicyclic) bond motifs is 1. The number of rotatable bonds is 5. The Morgan fingerprint density at radius 1 is 1.10 bits per heavy atom. The summed E-state index contributed by atoms with van der Waals surface area (Å²) in [6.07, 6.45) is 9.65. The number of aryl methyl sites for hydroxylation is 2. The van der Waals surface area contributed by atoms with Gasteiger partial charge in [0.1, 0.15) is 11.4 Å². The number of likely N-dealkylation sites (tertiary alicyclic amines) is 1. The Kier molecular flexibility index (Phi) is 5.02. The van der Waals surface area contributed by atoms with Crippen LogP contribution in [0.1, 0.15) is 42.1 Å². The Labute approximate surface area is 171 Å². The van der Waals surface area contributed by atoms with Crippen molar-refractivity contribution in [3.05, 3.63) is 59.5 Å². The summed E-state index contributed by atoms with van der Waals surface area (Å²) in [6, 6.07) is 11.0. The lowest BCUT2D eigenvalue weighted by molar-refractivity contribution is 0.170.